The fourth-order valence-electron chi connectivity index (χ4n) is 2.18. The molecule has 1 rings (SSSR count). The van der Waals surface area contributed by atoms with E-state index in [0.717, 1.165) is 32.1 Å². The zero-order valence-electron chi connectivity index (χ0n) is 12.3. The second-order valence-electron chi connectivity index (χ2n) is 6.25. The number of hydrogen-bond donors (Lipinski definition) is 0. The van der Waals surface area contributed by atoms with E-state index < -0.39 is 15.4 Å². The van der Waals surface area contributed by atoms with E-state index in [-0.39, 0.29) is 18.7 Å². The maximum Gasteiger partial charge on any atom is 0.312 e. The lowest BCUT2D eigenvalue weighted by molar-refractivity contribution is -0.156. The summed E-state index contributed by atoms with van der Waals surface area (Å²) in [7, 11) is -3.35. The van der Waals surface area contributed by atoms with Gasteiger partial charge in [-0.15, -0.1) is 0 Å². The zero-order chi connectivity index (χ0) is 14.7. The monoisotopic (exact) mass is 291 g/mol. The standard InChI is InChI=1S/C13H25NO4S/c1-13(2,3)12(15)18-10-14(19(4,16)17)11-8-6-5-7-9-11/h11H,5-10H2,1-4H3. The van der Waals surface area contributed by atoms with Gasteiger partial charge in [-0.2, -0.15) is 4.31 Å². The molecule has 0 radical (unpaired) electrons. The second kappa shape index (κ2) is 6.22. The van der Waals surface area contributed by atoms with Crippen LogP contribution >= 0.6 is 0 Å². The third kappa shape index (κ3) is 5.10. The molecule has 0 aromatic carbocycles. The van der Waals surface area contributed by atoms with Crippen molar-refractivity contribution in [3.63, 3.8) is 0 Å². The summed E-state index contributed by atoms with van der Waals surface area (Å²) in [4.78, 5) is 11.7. The largest absolute Gasteiger partial charge is 0.448 e. The first kappa shape index (κ1) is 16.4. The van der Waals surface area contributed by atoms with Crippen LogP contribution in [-0.4, -0.2) is 37.7 Å². The number of hydrogen-bond acceptors (Lipinski definition) is 4. The molecule has 1 aliphatic carbocycles. The van der Waals surface area contributed by atoms with Crippen molar-refractivity contribution < 1.29 is 17.9 Å². The Morgan fingerprint density at radius 2 is 1.74 bits per heavy atom. The number of sulfonamides is 1. The molecule has 0 amide bonds. The minimum Gasteiger partial charge on any atom is -0.448 e. The minimum atomic E-state index is -3.35. The van der Waals surface area contributed by atoms with Gasteiger partial charge in [-0.05, 0) is 33.6 Å². The van der Waals surface area contributed by atoms with Crippen molar-refractivity contribution >= 4 is 16.0 Å². The summed E-state index contributed by atoms with van der Waals surface area (Å²) in [5, 5.41) is 0. The molecule has 0 bridgehead atoms. The quantitative estimate of drug-likeness (QED) is 0.588. The summed E-state index contributed by atoms with van der Waals surface area (Å²) < 4.78 is 30.1. The number of rotatable bonds is 4. The first-order valence-corrected chi connectivity index (χ1v) is 8.61. The first-order chi connectivity index (χ1) is 8.62. The number of ether oxygens (including phenoxy) is 1. The maximum atomic E-state index is 11.8. The average molecular weight is 291 g/mol. The van der Waals surface area contributed by atoms with E-state index in [1.54, 1.807) is 20.8 Å². The number of esters is 1. The molecule has 0 saturated heterocycles. The topological polar surface area (TPSA) is 63.7 Å². The van der Waals surface area contributed by atoms with Gasteiger partial charge in [0, 0.05) is 6.04 Å². The van der Waals surface area contributed by atoms with Gasteiger partial charge in [0.05, 0.1) is 11.7 Å². The van der Waals surface area contributed by atoms with Gasteiger partial charge < -0.3 is 4.74 Å². The molecule has 6 heteroatoms. The van der Waals surface area contributed by atoms with Gasteiger partial charge in [0.25, 0.3) is 0 Å². The van der Waals surface area contributed by atoms with Gasteiger partial charge >= 0.3 is 5.97 Å². The molecule has 5 nitrogen and oxygen atoms in total. The SMILES string of the molecule is CC(C)(C)C(=O)OCN(C1CCCCC1)S(C)(=O)=O. The molecule has 0 aromatic rings. The molecule has 0 N–H and O–H groups in total. The highest BCUT2D eigenvalue weighted by Crippen LogP contribution is 2.25. The lowest BCUT2D eigenvalue weighted by Gasteiger charge is -2.32. The Balaban J connectivity index is 2.69. The maximum absolute atomic E-state index is 11.8. The van der Waals surface area contributed by atoms with E-state index in [9.17, 15) is 13.2 Å². The molecule has 1 fully saturated rings. The molecular weight excluding hydrogens is 266 g/mol. The van der Waals surface area contributed by atoms with Crippen molar-refractivity contribution in [2.45, 2.75) is 58.9 Å². The van der Waals surface area contributed by atoms with Crippen LogP contribution in [0.3, 0.4) is 0 Å². The van der Waals surface area contributed by atoms with Crippen molar-refractivity contribution in [1.82, 2.24) is 4.31 Å². The predicted molar refractivity (Wildman–Crippen MR) is 74.0 cm³/mol. The average Bonchev–Trinajstić information content (AvgIpc) is 2.27. The number of carbonyl (C=O) groups is 1. The van der Waals surface area contributed by atoms with Crippen molar-refractivity contribution in [3.05, 3.63) is 0 Å². The third-order valence-electron chi connectivity index (χ3n) is 3.34. The van der Waals surface area contributed by atoms with Crippen LogP contribution in [0.4, 0.5) is 0 Å². The minimum absolute atomic E-state index is 0.0310. The van der Waals surface area contributed by atoms with Crippen LogP contribution in [0, 0.1) is 5.41 Å². The highest BCUT2D eigenvalue weighted by molar-refractivity contribution is 7.88. The van der Waals surface area contributed by atoms with E-state index in [1.165, 1.54) is 10.6 Å². The van der Waals surface area contributed by atoms with Crippen LogP contribution in [0.25, 0.3) is 0 Å². The normalized spacial score (nSPS) is 18.6. The second-order valence-corrected chi connectivity index (χ2v) is 8.19. The molecule has 0 spiro atoms. The van der Waals surface area contributed by atoms with Crippen molar-refractivity contribution in [3.8, 4) is 0 Å². The van der Waals surface area contributed by atoms with Crippen LogP contribution in [0.1, 0.15) is 52.9 Å². The molecule has 1 saturated carbocycles. The molecule has 1 aliphatic rings. The lowest BCUT2D eigenvalue weighted by Crippen LogP contribution is -2.43. The molecule has 0 unspecified atom stereocenters. The molecule has 0 atom stereocenters. The lowest BCUT2D eigenvalue weighted by atomic mass is 9.96. The highest BCUT2D eigenvalue weighted by atomic mass is 32.2. The van der Waals surface area contributed by atoms with E-state index in [2.05, 4.69) is 0 Å². The number of carbonyl (C=O) groups excluding carboxylic acids is 1. The van der Waals surface area contributed by atoms with Gasteiger partial charge in [-0.1, -0.05) is 19.3 Å². The zero-order valence-corrected chi connectivity index (χ0v) is 13.1. The predicted octanol–water partition coefficient (Wildman–Crippen LogP) is 2.13. The van der Waals surface area contributed by atoms with Gasteiger partial charge in [-0.3, -0.25) is 4.79 Å². The van der Waals surface area contributed by atoms with E-state index in [0.29, 0.717) is 0 Å². The van der Waals surface area contributed by atoms with Gasteiger partial charge in [0.15, 0.2) is 6.73 Å². The summed E-state index contributed by atoms with van der Waals surface area (Å²) in [6.45, 7) is 5.09. The van der Waals surface area contributed by atoms with Gasteiger partial charge in [0.1, 0.15) is 0 Å². The summed E-state index contributed by atoms with van der Waals surface area (Å²) in [6.07, 6.45) is 6.08. The van der Waals surface area contributed by atoms with Crippen LogP contribution in [0.2, 0.25) is 0 Å². The van der Waals surface area contributed by atoms with Gasteiger partial charge in [0.2, 0.25) is 10.0 Å². The molecular formula is C13H25NO4S. The molecule has 19 heavy (non-hydrogen) atoms. The number of nitrogens with zero attached hydrogens (tertiary/aromatic N) is 1. The molecule has 0 heterocycles. The van der Waals surface area contributed by atoms with Crippen molar-refractivity contribution in [2.24, 2.45) is 5.41 Å². The fourth-order valence-corrected chi connectivity index (χ4v) is 3.18. The van der Waals surface area contributed by atoms with Crippen LogP contribution in [0.15, 0.2) is 0 Å². The summed E-state index contributed by atoms with van der Waals surface area (Å²) in [6, 6.07) is -0.0310. The van der Waals surface area contributed by atoms with E-state index in [4.69, 9.17) is 4.74 Å². The van der Waals surface area contributed by atoms with E-state index >= 15 is 0 Å². The summed E-state index contributed by atoms with van der Waals surface area (Å²) in [5.41, 5.74) is -0.615. The van der Waals surface area contributed by atoms with Crippen molar-refractivity contribution in [1.29, 1.82) is 0 Å². The molecule has 0 aromatic heterocycles. The Morgan fingerprint density at radius 3 is 2.16 bits per heavy atom. The Kier molecular flexibility index (Phi) is 5.38. The van der Waals surface area contributed by atoms with Crippen LogP contribution in [0.5, 0.6) is 0 Å². The van der Waals surface area contributed by atoms with Crippen LogP contribution in [-0.2, 0) is 19.6 Å². The Hall–Kier alpha value is -0.620. The Bertz CT molecular complexity index is 405. The first-order valence-electron chi connectivity index (χ1n) is 6.76. The smallest absolute Gasteiger partial charge is 0.312 e. The molecule has 112 valence electrons. The summed E-state index contributed by atoms with van der Waals surface area (Å²) in [5.74, 6) is -0.378. The van der Waals surface area contributed by atoms with E-state index in [1.807, 2.05) is 0 Å². The Morgan fingerprint density at radius 1 is 1.21 bits per heavy atom. The Labute approximate surface area is 116 Å². The highest BCUT2D eigenvalue weighted by Gasteiger charge is 2.31. The van der Waals surface area contributed by atoms with Crippen molar-refractivity contribution in [2.75, 3.05) is 13.0 Å². The van der Waals surface area contributed by atoms with Crippen LogP contribution < -0.4 is 0 Å². The van der Waals surface area contributed by atoms with Gasteiger partial charge in [-0.25, -0.2) is 8.42 Å². The summed E-state index contributed by atoms with van der Waals surface area (Å²) >= 11 is 0. The third-order valence-corrected chi connectivity index (χ3v) is 4.60. The molecule has 0 aliphatic heterocycles. The fraction of sp³-hybridized carbons (Fsp3) is 0.923.